The lowest BCUT2D eigenvalue weighted by molar-refractivity contribution is 0.238. The van der Waals surface area contributed by atoms with Crippen molar-refractivity contribution in [3.05, 3.63) is 18.2 Å². The maximum Gasteiger partial charge on any atom is 0.214 e. The van der Waals surface area contributed by atoms with Crippen LogP contribution in [0.25, 0.3) is 0 Å². The maximum absolute atomic E-state index is 9.06. The molecule has 15 heavy (non-hydrogen) atoms. The summed E-state index contributed by atoms with van der Waals surface area (Å²) in [7, 11) is 1.62. The van der Waals surface area contributed by atoms with Crippen LogP contribution < -0.4 is 9.64 Å². The molecule has 0 bridgehead atoms. The fourth-order valence-corrected chi connectivity index (χ4v) is 1.88. The zero-order chi connectivity index (χ0) is 10.7. The summed E-state index contributed by atoms with van der Waals surface area (Å²) in [5.74, 6) is 1.96. The number of aliphatic hydroxyl groups excluding tert-OH is 1. The lowest BCUT2D eigenvalue weighted by Gasteiger charge is -2.17. The molecule has 1 atom stereocenters. The molecule has 1 aliphatic heterocycles. The third-order valence-electron chi connectivity index (χ3n) is 2.79. The van der Waals surface area contributed by atoms with Gasteiger partial charge in [0.05, 0.1) is 7.11 Å². The van der Waals surface area contributed by atoms with Crippen molar-refractivity contribution in [3.8, 4) is 5.88 Å². The van der Waals surface area contributed by atoms with Gasteiger partial charge in [0.15, 0.2) is 0 Å². The van der Waals surface area contributed by atoms with E-state index in [1.54, 1.807) is 7.11 Å². The Hall–Kier alpha value is -1.29. The first-order valence-corrected chi connectivity index (χ1v) is 5.20. The molecule has 1 unspecified atom stereocenters. The SMILES string of the molecule is COc1cccc(N2CCC(CO)C2)n1. The third kappa shape index (κ3) is 2.21. The van der Waals surface area contributed by atoms with Crippen LogP contribution >= 0.6 is 0 Å². The quantitative estimate of drug-likeness (QED) is 0.802. The Bertz CT molecular complexity index is 330. The van der Waals surface area contributed by atoms with Crippen LogP contribution in [-0.2, 0) is 0 Å². The number of hydrogen-bond acceptors (Lipinski definition) is 4. The van der Waals surface area contributed by atoms with Gasteiger partial charge >= 0.3 is 0 Å². The Balaban J connectivity index is 2.09. The molecule has 1 aromatic heterocycles. The first kappa shape index (κ1) is 10.2. The molecule has 0 aromatic carbocycles. The van der Waals surface area contributed by atoms with Gasteiger partial charge in [-0.05, 0) is 12.5 Å². The Labute approximate surface area is 89.5 Å². The summed E-state index contributed by atoms with van der Waals surface area (Å²) >= 11 is 0. The van der Waals surface area contributed by atoms with E-state index in [0.717, 1.165) is 25.3 Å². The smallest absolute Gasteiger partial charge is 0.214 e. The molecule has 0 spiro atoms. The molecule has 0 amide bonds. The van der Waals surface area contributed by atoms with Crippen LogP contribution in [-0.4, -0.2) is 36.9 Å². The molecule has 1 aromatic rings. The fraction of sp³-hybridized carbons (Fsp3) is 0.545. The Morgan fingerprint density at radius 1 is 1.60 bits per heavy atom. The molecule has 4 heteroatoms. The highest BCUT2D eigenvalue weighted by Crippen LogP contribution is 2.23. The first-order valence-electron chi connectivity index (χ1n) is 5.20. The van der Waals surface area contributed by atoms with Crippen molar-refractivity contribution in [1.29, 1.82) is 0 Å². The Morgan fingerprint density at radius 3 is 3.13 bits per heavy atom. The summed E-state index contributed by atoms with van der Waals surface area (Å²) in [6.07, 6.45) is 1.04. The summed E-state index contributed by atoms with van der Waals surface area (Å²) < 4.78 is 5.08. The van der Waals surface area contributed by atoms with Gasteiger partial charge < -0.3 is 14.7 Å². The molecule has 1 fully saturated rings. The largest absolute Gasteiger partial charge is 0.481 e. The van der Waals surface area contributed by atoms with Crippen LogP contribution in [0.1, 0.15) is 6.42 Å². The van der Waals surface area contributed by atoms with Gasteiger partial charge in [0.2, 0.25) is 5.88 Å². The minimum absolute atomic E-state index is 0.264. The van der Waals surface area contributed by atoms with Gasteiger partial charge in [-0.25, -0.2) is 0 Å². The van der Waals surface area contributed by atoms with Crippen molar-refractivity contribution in [3.63, 3.8) is 0 Å². The van der Waals surface area contributed by atoms with Crippen LogP contribution in [0.15, 0.2) is 18.2 Å². The average molecular weight is 208 g/mol. The highest BCUT2D eigenvalue weighted by molar-refractivity contribution is 5.41. The molecular weight excluding hydrogens is 192 g/mol. The van der Waals surface area contributed by atoms with E-state index >= 15 is 0 Å². The van der Waals surface area contributed by atoms with Crippen molar-refractivity contribution in [2.75, 3.05) is 31.7 Å². The standard InChI is InChI=1S/C11H16N2O2/c1-15-11-4-2-3-10(12-11)13-6-5-9(7-13)8-14/h2-4,9,14H,5-8H2,1H3. The van der Waals surface area contributed by atoms with E-state index in [-0.39, 0.29) is 6.61 Å². The second-order valence-electron chi connectivity index (χ2n) is 3.82. The minimum atomic E-state index is 0.264. The van der Waals surface area contributed by atoms with E-state index in [9.17, 15) is 0 Å². The van der Waals surface area contributed by atoms with Crippen LogP contribution in [0.4, 0.5) is 5.82 Å². The highest BCUT2D eigenvalue weighted by Gasteiger charge is 2.22. The fourth-order valence-electron chi connectivity index (χ4n) is 1.88. The number of ether oxygens (including phenoxy) is 1. The molecule has 1 N–H and O–H groups in total. The second kappa shape index (κ2) is 4.49. The highest BCUT2D eigenvalue weighted by atomic mass is 16.5. The van der Waals surface area contributed by atoms with Crippen molar-refractivity contribution >= 4 is 5.82 Å². The van der Waals surface area contributed by atoms with E-state index in [1.165, 1.54) is 0 Å². The molecule has 1 saturated heterocycles. The maximum atomic E-state index is 9.06. The van der Waals surface area contributed by atoms with E-state index < -0.39 is 0 Å². The lowest BCUT2D eigenvalue weighted by Crippen LogP contribution is -2.21. The lowest BCUT2D eigenvalue weighted by atomic mass is 10.1. The van der Waals surface area contributed by atoms with Crippen LogP contribution in [0.5, 0.6) is 5.88 Å². The molecule has 0 saturated carbocycles. The van der Waals surface area contributed by atoms with Crippen molar-refractivity contribution in [2.45, 2.75) is 6.42 Å². The van der Waals surface area contributed by atoms with E-state index in [4.69, 9.17) is 9.84 Å². The average Bonchev–Trinajstić information content (AvgIpc) is 2.78. The molecule has 1 aliphatic rings. The number of methoxy groups -OCH3 is 1. The zero-order valence-corrected chi connectivity index (χ0v) is 8.89. The summed E-state index contributed by atoms with van der Waals surface area (Å²) in [5.41, 5.74) is 0. The number of nitrogens with zero attached hydrogens (tertiary/aromatic N) is 2. The predicted octanol–water partition coefficient (Wildman–Crippen LogP) is 0.909. The van der Waals surface area contributed by atoms with Crippen LogP contribution in [0.2, 0.25) is 0 Å². The molecule has 2 heterocycles. The van der Waals surface area contributed by atoms with Gasteiger partial charge in [0.25, 0.3) is 0 Å². The summed E-state index contributed by atoms with van der Waals surface area (Å²) in [6.45, 7) is 2.11. The number of aliphatic hydroxyl groups is 1. The number of rotatable bonds is 3. The van der Waals surface area contributed by atoms with E-state index in [0.29, 0.717) is 11.8 Å². The molecule has 82 valence electrons. The predicted molar refractivity (Wildman–Crippen MR) is 58.2 cm³/mol. The zero-order valence-electron chi connectivity index (χ0n) is 8.89. The normalized spacial score (nSPS) is 20.7. The molecular formula is C11H16N2O2. The number of pyridine rings is 1. The van der Waals surface area contributed by atoms with E-state index in [1.807, 2.05) is 18.2 Å². The van der Waals surface area contributed by atoms with Crippen molar-refractivity contribution in [1.82, 2.24) is 4.98 Å². The second-order valence-corrected chi connectivity index (χ2v) is 3.82. The van der Waals surface area contributed by atoms with Crippen LogP contribution in [0.3, 0.4) is 0 Å². The molecule has 2 rings (SSSR count). The van der Waals surface area contributed by atoms with Gasteiger partial charge in [-0.3, -0.25) is 0 Å². The molecule has 4 nitrogen and oxygen atoms in total. The molecule has 0 aliphatic carbocycles. The summed E-state index contributed by atoms with van der Waals surface area (Å²) in [4.78, 5) is 6.55. The van der Waals surface area contributed by atoms with E-state index in [2.05, 4.69) is 9.88 Å². The van der Waals surface area contributed by atoms with Gasteiger partial charge in [-0.2, -0.15) is 4.98 Å². The number of aromatic nitrogens is 1. The third-order valence-corrected chi connectivity index (χ3v) is 2.79. The minimum Gasteiger partial charge on any atom is -0.481 e. The monoisotopic (exact) mass is 208 g/mol. The Morgan fingerprint density at radius 2 is 2.47 bits per heavy atom. The summed E-state index contributed by atoms with van der Waals surface area (Å²) in [6, 6.07) is 5.75. The van der Waals surface area contributed by atoms with Gasteiger partial charge in [0, 0.05) is 31.7 Å². The van der Waals surface area contributed by atoms with Gasteiger partial charge in [-0.15, -0.1) is 0 Å². The Kier molecular flexibility index (Phi) is 3.06. The van der Waals surface area contributed by atoms with Gasteiger partial charge in [-0.1, -0.05) is 6.07 Å². The van der Waals surface area contributed by atoms with Crippen molar-refractivity contribution in [2.24, 2.45) is 5.92 Å². The van der Waals surface area contributed by atoms with Gasteiger partial charge in [0.1, 0.15) is 5.82 Å². The number of anilines is 1. The van der Waals surface area contributed by atoms with Crippen molar-refractivity contribution < 1.29 is 9.84 Å². The summed E-state index contributed by atoms with van der Waals surface area (Å²) in [5, 5.41) is 9.06. The van der Waals surface area contributed by atoms with Crippen LogP contribution in [0, 0.1) is 5.92 Å². The first-order chi connectivity index (χ1) is 7.33. The molecule has 0 radical (unpaired) electrons. The number of hydrogen-bond donors (Lipinski definition) is 1. The topological polar surface area (TPSA) is 45.6 Å².